The summed E-state index contributed by atoms with van der Waals surface area (Å²) in [6, 6.07) is 13.5. The Bertz CT molecular complexity index is 1480. The van der Waals surface area contributed by atoms with Crippen molar-refractivity contribution in [1.82, 2.24) is 29.3 Å². The van der Waals surface area contributed by atoms with Crippen LogP contribution in [0.5, 0.6) is 0 Å². The first-order valence-corrected chi connectivity index (χ1v) is 11.0. The molecular formula is C22H20N6O2S. The van der Waals surface area contributed by atoms with Crippen LogP contribution in [0.4, 0.5) is 0 Å². The molecule has 3 heterocycles. The van der Waals surface area contributed by atoms with Crippen molar-refractivity contribution < 1.29 is 4.52 Å². The van der Waals surface area contributed by atoms with Gasteiger partial charge in [0.05, 0.1) is 22.3 Å². The lowest BCUT2D eigenvalue weighted by atomic mass is 10.1. The van der Waals surface area contributed by atoms with Crippen LogP contribution in [0.2, 0.25) is 0 Å². The van der Waals surface area contributed by atoms with Gasteiger partial charge in [0.25, 0.3) is 5.56 Å². The quantitative estimate of drug-likeness (QED) is 0.389. The Kier molecular flexibility index (Phi) is 4.82. The van der Waals surface area contributed by atoms with Gasteiger partial charge in [-0.2, -0.15) is 4.98 Å². The van der Waals surface area contributed by atoms with E-state index in [4.69, 9.17) is 4.52 Å². The van der Waals surface area contributed by atoms with E-state index in [1.54, 1.807) is 4.57 Å². The highest BCUT2D eigenvalue weighted by molar-refractivity contribution is 7.98. The maximum absolute atomic E-state index is 13.4. The van der Waals surface area contributed by atoms with E-state index in [1.807, 2.05) is 61.6 Å². The second kappa shape index (κ2) is 7.66. The van der Waals surface area contributed by atoms with Gasteiger partial charge in [-0.1, -0.05) is 53.7 Å². The summed E-state index contributed by atoms with van der Waals surface area (Å²) in [7, 11) is 0. The average Bonchev–Trinajstić information content (AvgIpc) is 3.40. The third-order valence-corrected chi connectivity index (χ3v) is 6.06. The Hall–Kier alpha value is -3.46. The fourth-order valence-corrected chi connectivity index (χ4v) is 4.45. The predicted octanol–water partition coefficient (Wildman–Crippen LogP) is 3.89. The Morgan fingerprint density at radius 3 is 2.71 bits per heavy atom. The Balaban J connectivity index is 1.71. The molecular weight excluding hydrogens is 412 g/mol. The lowest BCUT2D eigenvalue weighted by molar-refractivity contribution is 0.378. The van der Waals surface area contributed by atoms with Gasteiger partial charge in [0.15, 0.2) is 11.0 Å². The molecule has 2 aromatic carbocycles. The molecule has 9 heteroatoms. The van der Waals surface area contributed by atoms with Crippen molar-refractivity contribution in [1.29, 1.82) is 0 Å². The molecule has 0 amide bonds. The molecule has 0 aliphatic heterocycles. The predicted molar refractivity (Wildman–Crippen MR) is 119 cm³/mol. The van der Waals surface area contributed by atoms with Crippen molar-refractivity contribution in [2.45, 2.75) is 38.1 Å². The monoisotopic (exact) mass is 432 g/mol. The highest BCUT2D eigenvalue weighted by Gasteiger charge is 2.19. The van der Waals surface area contributed by atoms with Gasteiger partial charge < -0.3 is 4.52 Å². The van der Waals surface area contributed by atoms with Gasteiger partial charge in [0.2, 0.25) is 11.7 Å². The SMILES string of the molecule is CCc1nc(CSc2nnc3n(-c4ccc(C)cc4C)c(=O)c4ccccc4n23)no1. The van der Waals surface area contributed by atoms with Crippen LogP contribution in [0.15, 0.2) is 56.9 Å². The molecule has 8 nitrogen and oxygen atoms in total. The summed E-state index contributed by atoms with van der Waals surface area (Å²) in [5.74, 6) is 2.17. The van der Waals surface area contributed by atoms with Gasteiger partial charge in [0, 0.05) is 6.42 Å². The number of aryl methyl sites for hydroxylation is 3. The van der Waals surface area contributed by atoms with Gasteiger partial charge in [-0.05, 0) is 37.6 Å². The van der Waals surface area contributed by atoms with Crippen LogP contribution >= 0.6 is 11.8 Å². The fraction of sp³-hybridized carbons (Fsp3) is 0.227. The van der Waals surface area contributed by atoms with Crippen molar-refractivity contribution >= 4 is 28.4 Å². The van der Waals surface area contributed by atoms with Gasteiger partial charge in [-0.15, -0.1) is 10.2 Å². The zero-order chi connectivity index (χ0) is 21.5. The number of fused-ring (bicyclic) bond motifs is 3. The number of para-hydroxylation sites is 1. The zero-order valence-corrected chi connectivity index (χ0v) is 18.2. The molecule has 0 bridgehead atoms. The summed E-state index contributed by atoms with van der Waals surface area (Å²) in [4.78, 5) is 17.8. The summed E-state index contributed by atoms with van der Waals surface area (Å²) in [5.41, 5.74) is 3.56. The molecule has 3 aromatic heterocycles. The minimum Gasteiger partial charge on any atom is -0.339 e. The summed E-state index contributed by atoms with van der Waals surface area (Å²) >= 11 is 1.45. The Morgan fingerprint density at radius 1 is 1.10 bits per heavy atom. The highest BCUT2D eigenvalue weighted by Crippen LogP contribution is 2.26. The van der Waals surface area contributed by atoms with Gasteiger partial charge >= 0.3 is 0 Å². The van der Waals surface area contributed by atoms with E-state index < -0.39 is 0 Å². The van der Waals surface area contributed by atoms with Crippen molar-refractivity contribution in [3.05, 3.63) is 75.7 Å². The van der Waals surface area contributed by atoms with E-state index in [9.17, 15) is 4.79 Å². The molecule has 0 aliphatic rings. The third kappa shape index (κ3) is 3.31. The molecule has 156 valence electrons. The second-order valence-corrected chi connectivity index (χ2v) is 8.25. The number of thioether (sulfide) groups is 1. The topological polar surface area (TPSA) is 91.1 Å². The lowest BCUT2D eigenvalue weighted by Crippen LogP contribution is -2.22. The molecule has 0 atom stereocenters. The molecule has 0 fully saturated rings. The van der Waals surface area contributed by atoms with Crippen LogP contribution < -0.4 is 5.56 Å². The normalized spacial score (nSPS) is 11.6. The summed E-state index contributed by atoms with van der Waals surface area (Å²) in [6.07, 6.45) is 0.693. The maximum atomic E-state index is 13.4. The second-order valence-electron chi connectivity index (χ2n) is 7.31. The highest BCUT2D eigenvalue weighted by atomic mass is 32.2. The molecule has 31 heavy (non-hydrogen) atoms. The largest absolute Gasteiger partial charge is 0.339 e. The molecule has 0 saturated carbocycles. The third-order valence-electron chi connectivity index (χ3n) is 5.13. The molecule has 5 rings (SSSR count). The summed E-state index contributed by atoms with van der Waals surface area (Å²) < 4.78 is 8.75. The molecule has 0 N–H and O–H groups in total. The number of rotatable bonds is 5. The smallest absolute Gasteiger partial charge is 0.267 e. The number of benzene rings is 2. The van der Waals surface area contributed by atoms with Crippen molar-refractivity contribution in [2.75, 3.05) is 0 Å². The average molecular weight is 433 g/mol. The molecule has 0 radical (unpaired) electrons. The molecule has 5 aromatic rings. The first-order chi connectivity index (χ1) is 15.1. The van der Waals surface area contributed by atoms with Crippen molar-refractivity contribution in [3.8, 4) is 5.69 Å². The minimum absolute atomic E-state index is 0.121. The van der Waals surface area contributed by atoms with Crippen LogP contribution in [-0.4, -0.2) is 29.3 Å². The molecule has 0 saturated heterocycles. The van der Waals surface area contributed by atoms with Crippen LogP contribution in [0, 0.1) is 13.8 Å². The van der Waals surface area contributed by atoms with E-state index in [-0.39, 0.29) is 5.56 Å². The number of nitrogens with zero attached hydrogens (tertiary/aromatic N) is 6. The van der Waals surface area contributed by atoms with Crippen molar-refractivity contribution in [3.63, 3.8) is 0 Å². The minimum atomic E-state index is -0.121. The van der Waals surface area contributed by atoms with Crippen LogP contribution in [0.1, 0.15) is 29.8 Å². The van der Waals surface area contributed by atoms with E-state index in [2.05, 4.69) is 26.4 Å². The van der Waals surface area contributed by atoms with Crippen LogP contribution in [0.3, 0.4) is 0 Å². The molecule has 0 unspecified atom stereocenters. The van der Waals surface area contributed by atoms with Gasteiger partial charge in [-0.3, -0.25) is 9.20 Å². The van der Waals surface area contributed by atoms with E-state index >= 15 is 0 Å². The van der Waals surface area contributed by atoms with E-state index in [0.717, 1.165) is 22.3 Å². The molecule has 0 spiro atoms. The van der Waals surface area contributed by atoms with Crippen LogP contribution in [0.25, 0.3) is 22.4 Å². The van der Waals surface area contributed by atoms with E-state index in [0.29, 0.717) is 40.2 Å². The summed E-state index contributed by atoms with van der Waals surface area (Å²) in [5, 5.41) is 14.1. The summed E-state index contributed by atoms with van der Waals surface area (Å²) in [6.45, 7) is 5.99. The van der Waals surface area contributed by atoms with E-state index in [1.165, 1.54) is 11.8 Å². The van der Waals surface area contributed by atoms with Gasteiger partial charge in [0.1, 0.15) is 0 Å². The zero-order valence-electron chi connectivity index (χ0n) is 17.4. The number of aromatic nitrogens is 6. The fourth-order valence-electron chi connectivity index (χ4n) is 3.67. The first-order valence-electron chi connectivity index (χ1n) is 9.97. The van der Waals surface area contributed by atoms with Crippen LogP contribution in [-0.2, 0) is 12.2 Å². The Morgan fingerprint density at radius 2 is 1.94 bits per heavy atom. The maximum Gasteiger partial charge on any atom is 0.267 e. The van der Waals surface area contributed by atoms with Gasteiger partial charge in [-0.25, -0.2) is 4.57 Å². The number of hydrogen-bond donors (Lipinski definition) is 0. The Labute approximate surface area is 181 Å². The van der Waals surface area contributed by atoms with Crippen molar-refractivity contribution in [2.24, 2.45) is 0 Å². The number of hydrogen-bond acceptors (Lipinski definition) is 7. The standard InChI is InChI=1S/C22H20N6O2S/c1-4-19-23-18(26-30-19)12-31-22-25-24-21-27(16-10-9-13(2)11-14(16)3)20(29)15-7-5-6-8-17(15)28(21)22/h5-11H,4,12H2,1-3H3. The first kappa shape index (κ1) is 19.5. The molecule has 0 aliphatic carbocycles. The lowest BCUT2D eigenvalue weighted by Gasteiger charge is -2.13.